The smallest absolute Gasteiger partial charge is 0.273 e. The summed E-state index contributed by atoms with van der Waals surface area (Å²) >= 11 is 5.52. The number of hydrogen-bond donors (Lipinski definition) is 1. The average molecular weight is 266 g/mol. The van der Waals surface area contributed by atoms with E-state index in [1.807, 2.05) is 4.98 Å². The van der Waals surface area contributed by atoms with Crippen LogP contribution < -0.4 is 11.2 Å². The predicted molar refractivity (Wildman–Crippen MR) is 62.3 cm³/mol. The molecule has 0 spiro atoms. The van der Waals surface area contributed by atoms with Crippen LogP contribution in [-0.2, 0) is 0 Å². The molecule has 1 aromatic heterocycles. The normalized spacial score (nSPS) is 10.1. The van der Waals surface area contributed by atoms with Gasteiger partial charge in [0.05, 0.1) is 10.7 Å². The summed E-state index contributed by atoms with van der Waals surface area (Å²) in [5.74, 6) is -0.703. The number of rotatable bonds is 1. The minimum absolute atomic E-state index is 0.0864. The Morgan fingerprint density at radius 3 is 2.72 bits per heavy atom. The second kappa shape index (κ2) is 4.47. The SMILES string of the molecule is N#Cc1cn(-c2ccc(Cl)c(F)c2)c(=O)[nH]c1=O. The second-order valence-electron chi connectivity index (χ2n) is 3.38. The van der Waals surface area contributed by atoms with Crippen LogP contribution in [0.3, 0.4) is 0 Å². The van der Waals surface area contributed by atoms with Gasteiger partial charge in [0, 0.05) is 6.20 Å². The van der Waals surface area contributed by atoms with Crippen LogP contribution in [0.1, 0.15) is 5.56 Å². The zero-order valence-electron chi connectivity index (χ0n) is 8.78. The Morgan fingerprint density at radius 2 is 2.11 bits per heavy atom. The van der Waals surface area contributed by atoms with Crippen LogP contribution in [0.15, 0.2) is 34.0 Å². The Kier molecular flexibility index (Phi) is 3.00. The third-order valence-electron chi connectivity index (χ3n) is 2.24. The summed E-state index contributed by atoms with van der Waals surface area (Å²) in [7, 11) is 0. The molecule has 18 heavy (non-hydrogen) atoms. The molecule has 1 N–H and O–H groups in total. The van der Waals surface area contributed by atoms with Gasteiger partial charge in [-0.25, -0.2) is 9.18 Å². The van der Waals surface area contributed by atoms with Crippen LogP contribution in [0.25, 0.3) is 5.69 Å². The molecule has 0 atom stereocenters. The third kappa shape index (κ3) is 2.04. The maximum atomic E-state index is 13.3. The number of benzene rings is 1. The molecular weight excluding hydrogens is 261 g/mol. The van der Waals surface area contributed by atoms with Gasteiger partial charge in [0.15, 0.2) is 0 Å². The highest BCUT2D eigenvalue weighted by atomic mass is 35.5. The number of hydrogen-bond acceptors (Lipinski definition) is 3. The number of nitrogens with zero attached hydrogens (tertiary/aromatic N) is 2. The van der Waals surface area contributed by atoms with E-state index >= 15 is 0 Å². The van der Waals surface area contributed by atoms with Gasteiger partial charge in [0.1, 0.15) is 17.4 Å². The Balaban J connectivity index is 2.72. The molecule has 0 saturated heterocycles. The number of halogens is 2. The summed E-state index contributed by atoms with van der Waals surface area (Å²) in [6.45, 7) is 0. The maximum Gasteiger partial charge on any atom is 0.332 e. The van der Waals surface area contributed by atoms with Gasteiger partial charge in [-0.15, -0.1) is 0 Å². The number of nitriles is 1. The first-order chi connectivity index (χ1) is 8.52. The summed E-state index contributed by atoms with van der Waals surface area (Å²) < 4.78 is 14.2. The van der Waals surface area contributed by atoms with Crippen LogP contribution in [0.4, 0.5) is 4.39 Å². The molecule has 0 aliphatic heterocycles. The topological polar surface area (TPSA) is 78.7 Å². The second-order valence-corrected chi connectivity index (χ2v) is 3.79. The molecule has 5 nitrogen and oxygen atoms in total. The number of H-pyrrole nitrogens is 1. The third-order valence-corrected chi connectivity index (χ3v) is 2.55. The highest BCUT2D eigenvalue weighted by molar-refractivity contribution is 6.30. The van der Waals surface area contributed by atoms with E-state index in [9.17, 15) is 14.0 Å². The predicted octanol–water partition coefficient (Wildman–Crippen LogP) is 1.19. The highest BCUT2D eigenvalue weighted by Gasteiger charge is 2.08. The molecule has 7 heteroatoms. The van der Waals surface area contributed by atoms with E-state index in [2.05, 4.69) is 0 Å². The average Bonchev–Trinajstić information content (AvgIpc) is 2.33. The number of nitrogens with one attached hydrogen (secondary N) is 1. The molecule has 0 unspecified atom stereocenters. The van der Waals surface area contributed by atoms with Gasteiger partial charge in [-0.3, -0.25) is 14.3 Å². The molecule has 90 valence electrons. The van der Waals surface area contributed by atoms with Crippen molar-refractivity contribution in [3.63, 3.8) is 0 Å². The van der Waals surface area contributed by atoms with E-state index in [1.165, 1.54) is 12.1 Å². The molecule has 0 bridgehead atoms. The Bertz CT molecular complexity index is 773. The van der Waals surface area contributed by atoms with Gasteiger partial charge < -0.3 is 0 Å². The van der Waals surface area contributed by atoms with E-state index in [1.54, 1.807) is 6.07 Å². The standard InChI is InChI=1S/C11H5ClFN3O2/c12-8-2-1-7(3-9(8)13)16-5-6(4-14)10(17)15-11(16)18/h1-3,5H,(H,15,17,18). The fraction of sp³-hybridized carbons (Fsp3) is 0. The summed E-state index contributed by atoms with van der Waals surface area (Å²) in [5.41, 5.74) is -1.63. The van der Waals surface area contributed by atoms with Crippen molar-refractivity contribution in [2.45, 2.75) is 0 Å². The molecule has 2 aromatic rings. The molecule has 1 aromatic carbocycles. The van der Waals surface area contributed by atoms with Crippen molar-refractivity contribution >= 4 is 11.6 Å². The van der Waals surface area contributed by atoms with E-state index in [0.29, 0.717) is 0 Å². The van der Waals surface area contributed by atoms with Gasteiger partial charge in [0.25, 0.3) is 5.56 Å². The lowest BCUT2D eigenvalue weighted by Crippen LogP contribution is -2.30. The van der Waals surface area contributed by atoms with Crippen molar-refractivity contribution in [2.75, 3.05) is 0 Å². The molecular formula is C11H5ClFN3O2. The highest BCUT2D eigenvalue weighted by Crippen LogP contribution is 2.17. The largest absolute Gasteiger partial charge is 0.332 e. The zero-order chi connectivity index (χ0) is 13.3. The van der Waals surface area contributed by atoms with Gasteiger partial charge in [-0.2, -0.15) is 5.26 Å². The van der Waals surface area contributed by atoms with Crippen LogP contribution in [0, 0.1) is 17.1 Å². The fourth-order valence-electron chi connectivity index (χ4n) is 1.38. The van der Waals surface area contributed by atoms with Gasteiger partial charge in [0.2, 0.25) is 0 Å². The Labute approximate surface area is 105 Å². The molecule has 0 saturated carbocycles. The van der Waals surface area contributed by atoms with E-state index in [0.717, 1.165) is 16.8 Å². The lowest BCUT2D eigenvalue weighted by molar-refractivity contribution is 0.626. The van der Waals surface area contributed by atoms with Gasteiger partial charge in [-0.1, -0.05) is 11.6 Å². The summed E-state index contributed by atoms with van der Waals surface area (Å²) in [6.07, 6.45) is 1.05. The first kappa shape index (κ1) is 12.1. The van der Waals surface area contributed by atoms with E-state index < -0.39 is 17.1 Å². The Hall–Kier alpha value is -2.39. The Morgan fingerprint density at radius 1 is 1.39 bits per heavy atom. The van der Waals surface area contributed by atoms with Crippen molar-refractivity contribution < 1.29 is 4.39 Å². The summed E-state index contributed by atoms with van der Waals surface area (Å²) in [5, 5.41) is 8.61. The van der Waals surface area contributed by atoms with Gasteiger partial charge >= 0.3 is 5.69 Å². The molecule has 0 amide bonds. The minimum atomic E-state index is -0.784. The quantitative estimate of drug-likeness (QED) is 0.841. The molecule has 0 aliphatic rings. The van der Waals surface area contributed by atoms with E-state index in [-0.39, 0.29) is 16.3 Å². The monoisotopic (exact) mass is 265 g/mol. The van der Waals surface area contributed by atoms with Crippen molar-refractivity contribution in [2.24, 2.45) is 0 Å². The van der Waals surface area contributed by atoms with Crippen molar-refractivity contribution in [3.05, 3.63) is 61.6 Å². The fourth-order valence-corrected chi connectivity index (χ4v) is 1.49. The lowest BCUT2D eigenvalue weighted by atomic mass is 10.3. The molecule has 0 aliphatic carbocycles. The zero-order valence-corrected chi connectivity index (χ0v) is 9.53. The lowest BCUT2D eigenvalue weighted by Gasteiger charge is -2.05. The number of aromatic amines is 1. The molecule has 2 rings (SSSR count). The van der Waals surface area contributed by atoms with Crippen LogP contribution in [0.5, 0.6) is 0 Å². The first-order valence-electron chi connectivity index (χ1n) is 4.74. The van der Waals surface area contributed by atoms with Crippen molar-refractivity contribution in [3.8, 4) is 11.8 Å². The van der Waals surface area contributed by atoms with Crippen LogP contribution in [0.2, 0.25) is 5.02 Å². The maximum absolute atomic E-state index is 13.3. The first-order valence-corrected chi connectivity index (χ1v) is 5.12. The van der Waals surface area contributed by atoms with Crippen molar-refractivity contribution in [1.29, 1.82) is 5.26 Å². The van der Waals surface area contributed by atoms with Crippen LogP contribution >= 0.6 is 11.6 Å². The van der Waals surface area contributed by atoms with Crippen molar-refractivity contribution in [1.82, 2.24) is 9.55 Å². The van der Waals surface area contributed by atoms with E-state index in [4.69, 9.17) is 16.9 Å². The molecule has 1 heterocycles. The molecule has 0 radical (unpaired) electrons. The van der Waals surface area contributed by atoms with Crippen LogP contribution in [-0.4, -0.2) is 9.55 Å². The summed E-state index contributed by atoms with van der Waals surface area (Å²) in [4.78, 5) is 24.7. The minimum Gasteiger partial charge on any atom is -0.273 e. The molecule has 0 fully saturated rings. The van der Waals surface area contributed by atoms with Gasteiger partial charge in [-0.05, 0) is 18.2 Å². The number of aromatic nitrogens is 2. The summed E-state index contributed by atoms with van der Waals surface area (Å²) in [6, 6.07) is 5.34.